The van der Waals surface area contributed by atoms with E-state index in [1.165, 1.54) is 14.2 Å². The van der Waals surface area contributed by atoms with Crippen molar-refractivity contribution in [1.82, 2.24) is 0 Å². The van der Waals surface area contributed by atoms with Crippen molar-refractivity contribution in [2.24, 2.45) is 17.8 Å². The highest BCUT2D eigenvalue weighted by atomic mass is 16.8. The zero-order valence-corrected chi connectivity index (χ0v) is 24.7. The lowest BCUT2D eigenvalue weighted by Gasteiger charge is -2.48. The van der Waals surface area contributed by atoms with Gasteiger partial charge >= 0.3 is 5.97 Å². The summed E-state index contributed by atoms with van der Waals surface area (Å²) in [6, 6.07) is 6.94. The first-order valence-electron chi connectivity index (χ1n) is 14.7. The van der Waals surface area contributed by atoms with E-state index in [-0.39, 0.29) is 43.2 Å². The summed E-state index contributed by atoms with van der Waals surface area (Å²) in [5.74, 6) is -0.992. The lowest BCUT2D eigenvalue weighted by molar-refractivity contribution is -0.371. The van der Waals surface area contributed by atoms with Gasteiger partial charge in [0.25, 0.3) is 0 Å². The SMILES string of the molecule is COc1cc([C@@H]2c3cc4c(cc3[C@H](OC3OC5COC(C(C)C)OC5C(O)C3O)C3COC(=O)[C@@H]32)OCO4)cc(OC)c1O. The summed E-state index contributed by atoms with van der Waals surface area (Å²) in [5, 5.41) is 32.9. The number of cyclic esters (lactones) is 1. The molecule has 3 N–H and O–H groups in total. The van der Waals surface area contributed by atoms with Crippen molar-refractivity contribution in [2.45, 2.75) is 62.9 Å². The number of hydrogen-bond acceptors (Lipinski definition) is 13. The van der Waals surface area contributed by atoms with Crippen LogP contribution in [-0.2, 0) is 28.5 Å². The predicted molar refractivity (Wildman–Crippen MR) is 148 cm³/mol. The Hall–Kier alpha value is -3.33. The number of fused-ring (bicyclic) bond motifs is 4. The molecule has 7 unspecified atom stereocenters. The molecule has 1 aliphatic carbocycles. The van der Waals surface area contributed by atoms with Crippen molar-refractivity contribution in [2.75, 3.05) is 34.2 Å². The molecule has 7 rings (SSSR count). The fourth-order valence-electron chi connectivity index (χ4n) is 6.98. The van der Waals surface area contributed by atoms with Crippen molar-refractivity contribution < 1.29 is 62.7 Å². The Kier molecular flexibility index (Phi) is 7.50. The zero-order chi connectivity index (χ0) is 30.9. The Labute approximate surface area is 253 Å². The molecule has 0 saturated carbocycles. The molecule has 0 aromatic heterocycles. The van der Waals surface area contributed by atoms with Crippen molar-refractivity contribution in [3.63, 3.8) is 0 Å². The highest BCUT2D eigenvalue weighted by Gasteiger charge is 2.56. The quantitative estimate of drug-likeness (QED) is 0.405. The van der Waals surface area contributed by atoms with Crippen LogP contribution in [0.15, 0.2) is 24.3 Å². The third-order valence-electron chi connectivity index (χ3n) is 9.16. The molecule has 5 aliphatic rings. The number of ether oxygens (including phenoxy) is 9. The Morgan fingerprint density at radius 2 is 1.57 bits per heavy atom. The summed E-state index contributed by atoms with van der Waals surface area (Å²) in [6.07, 6.45) is -6.83. The number of phenols is 1. The maximum atomic E-state index is 13.4. The van der Waals surface area contributed by atoms with Gasteiger partial charge in [0.1, 0.15) is 24.4 Å². The number of aromatic hydroxyl groups is 1. The second-order valence-electron chi connectivity index (χ2n) is 12.0. The molecule has 0 bridgehead atoms. The fraction of sp³-hybridized carbons (Fsp3) is 0.581. The van der Waals surface area contributed by atoms with Crippen molar-refractivity contribution in [3.05, 3.63) is 41.0 Å². The standard InChI is InChI=1S/C31H36O13/c1-12(2)30-39-10-21-28(44-30)25(33)26(34)31(42-21)43-27-15-8-18-17(40-11-41-18)7-14(15)22(23-16(27)9-38-29(23)35)13-5-19(36-3)24(32)20(6-13)37-4/h5-8,12,16,21-23,25-28,30-34H,9-11H2,1-4H3/t16?,21?,22-,23+,25?,26?,27+,28?,30?,31?/m1/s1. The lowest BCUT2D eigenvalue weighted by atomic mass is 9.66. The highest BCUT2D eigenvalue weighted by molar-refractivity contribution is 5.79. The number of benzene rings is 2. The van der Waals surface area contributed by atoms with E-state index in [9.17, 15) is 20.1 Å². The number of aliphatic hydroxyl groups excluding tert-OH is 2. The van der Waals surface area contributed by atoms with Crippen LogP contribution in [0.2, 0.25) is 0 Å². The van der Waals surface area contributed by atoms with E-state index in [2.05, 4.69) is 0 Å². The van der Waals surface area contributed by atoms with Crippen LogP contribution in [0.4, 0.5) is 0 Å². The molecule has 238 valence electrons. The van der Waals surface area contributed by atoms with E-state index in [4.69, 9.17) is 42.6 Å². The number of carbonyl (C=O) groups is 1. The van der Waals surface area contributed by atoms with Crippen molar-refractivity contribution >= 4 is 5.97 Å². The van der Waals surface area contributed by atoms with Gasteiger partial charge in [-0.1, -0.05) is 13.8 Å². The Bertz CT molecular complexity index is 1400. The van der Waals surface area contributed by atoms with E-state index in [1.807, 2.05) is 19.9 Å². The van der Waals surface area contributed by atoms with Gasteiger partial charge in [-0.05, 0) is 41.0 Å². The van der Waals surface area contributed by atoms with Crippen LogP contribution >= 0.6 is 0 Å². The van der Waals surface area contributed by atoms with E-state index in [1.54, 1.807) is 18.2 Å². The molecule has 0 amide bonds. The van der Waals surface area contributed by atoms with Gasteiger partial charge in [-0.2, -0.15) is 0 Å². The first-order valence-corrected chi connectivity index (χ1v) is 14.7. The van der Waals surface area contributed by atoms with Gasteiger partial charge in [0.2, 0.25) is 12.5 Å². The minimum atomic E-state index is -1.44. The number of hydrogen-bond donors (Lipinski definition) is 3. The molecule has 13 heteroatoms. The fourth-order valence-corrected chi connectivity index (χ4v) is 6.98. The number of carbonyl (C=O) groups excluding carboxylic acids is 1. The smallest absolute Gasteiger partial charge is 0.310 e. The first kappa shape index (κ1) is 29.4. The summed E-state index contributed by atoms with van der Waals surface area (Å²) in [7, 11) is 2.86. The van der Waals surface area contributed by atoms with E-state index < -0.39 is 66.8 Å². The van der Waals surface area contributed by atoms with Gasteiger partial charge in [-0.25, -0.2) is 0 Å². The third-order valence-corrected chi connectivity index (χ3v) is 9.16. The maximum absolute atomic E-state index is 13.4. The lowest BCUT2D eigenvalue weighted by Crippen LogP contribution is -2.63. The monoisotopic (exact) mass is 616 g/mol. The van der Waals surface area contributed by atoms with Gasteiger partial charge in [-0.3, -0.25) is 4.79 Å². The minimum Gasteiger partial charge on any atom is -0.502 e. The van der Waals surface area contributed by atoms with Crippen LogP contribution < -0.4 is 18.9 Å². The Morgan fingerprint density at radius 1 is 0.886 bits per heavy atom. The van der Waals surface area contributed by atoms with Crippen LogP contribution in [-0.4, -0.2) is 92.5 Å². The normalized spacial score (nSPS) is 35.5. The van der Waals surface area contributed by atoms with Crippen LogP contribution in [0, 0.1) is 17.8 Å². The van der Waals surface area contributed by atoms with Gasteiger partial charge in [0, 0.05) is 17.8 Å². The highest BCUT2D eigenvalue weighted by Crippen LogP contribution is 2.57. The molecular weight excluding hydrogens is 580 g/mol. The Balaban J connectivity index is 1.28. The van der Waals surface area contributed by atoms with Gasteiger partial charge < -0.3 is 58.0 Å². The van der Waals surface area contributed by atoms with Gasteiger partial charge in [0.15, 0.2) is 35.6 Å². The average Bonchev–Trinajstić information content (AvgIpc) is 3.64. The summed E-state index contributed by atoms with van der Waals surface area (Å²) in [6.45, 7) is 4.10. The molecule has 0 radical (unpaired) electrons. The molecule has 4 heterocycles. The third kappa shape index (κ3) is 4.65. The Morgan fingerprint density at radius 3 is 2.23 bits per heavy atom. The van der Waals surface area contributed by atoms with Crippen molar-refractivity contribution in [1.29, 1.82) is 0 Å². The first-order chi connectivity index (χ1) is 21.2. The van der Waals surface area contributed by atoms with Gasteiger partial charge in [-0.15, -0.1) is 0 Å². The average molecular weight is 617 g/mol. The summed E-state index contributed by atoms with van der Waals surface area (Å²) >= 11 is 0. The van der Waals surface area contributed by atoms with Crippen LogP contribution in [0.1, 0.15) is 42.6 Å². The summed E-state index contributed by atoms with van der Waals surface area (Å²) in [4.78, 5) is 13.4. The van der Waals surface area contributed by atoms with Crippen molar-refractivity contribution in [3.8, 4) is 28.7 Å². The topological polar surface area (TPSA) is 161 Å². The molecule has 3 fully saturated rings. The summed E-state index contributed by atoms with van der Waals surface area (Å²) < 4.78 is 52.3. The largest absolute Gasteiger partial charge is 0.502 e. The van der Waals surface area contributed by atoms with E-state index in [0.29, 0.717) is 28.2 Å². The van der Waals surface area contributed by atoms with E-state index >= 15 is 0 Å². The molecular formula is C31H36O13. The second-order valence-corrected chi connectivity index (χ2v) is 12.0. The molecule has 0 spiro atoms. The molecule has 2 aromatic carbocycles. The molecule has 44 heavy (non-hydrogen) atoms. The molecule has 13 nitrogen and oxygen atoms in total. The predicted octanol–water partition coefficient (Wildman–Crippen LogP) is 1.97. The molecule has 2 aromatic rings. The van der Waals surface area contributed by atoms with Crippen LogP contribution in [0.3, 0.4) is 0 Å². The number of phenolic OH excluding ortho intramolecular Hbond substituents is 1. The number of aliphatic hydroxyl groups is 2. The van der Waals surface area contributed by atoms with E-state index in [0.717, 1.165) is 0 Å². The molecule has 4 aliphatic heterocycles. The maximum Gasteiger partial charge on any atom is 0.310 e. The second kappa shape index (κ2) is 11.2. The number of esters is 1. The van der Waals surface area contributed by atoms with Crippen LogP contribution in [0.5, 0.6) is 28.7 Å². The number of methoxy groups -OCH3 is 2. The minimum absolute atomic E-state index is 0.0290. The van der Waals surface area contributed by atoms with Gasteiger partial charge in [0.05, 0.1) is 39.5 Å². The summed E-state index contributed by atoms with van der Waals surface area (Å²) in [5.41, 5.74) is 2.02. The zero-order valence-electron chi connectivity index (χ0n) is 24.7. The number of rotatable bonds is 6. The van der Waals surface area contributed by atoms with Crippen LogP contribution in [0.25, 0.3) is 0 Å². The molecule has 3 saturated heterocycles. The molecule has 10 atom stereocenters.